The van der Waals surface area contributed by atoms with Gasteiger partial charge in [-0.25, -0.2) is 4.90 Å². The van der Waals surface area contributed by atoms with Crippen molar-refractivity contribution in [2.45, 2.75) is 43.2 Å². The van der Waals surface area contributed by atoms with E-state index in [0.717, 1.165) is 12.1 Å². The normalized spacial score (nSPS) is 35.9. The summed E-state index contributed by atoms with van der Waals surface area (Å²) in [5.74, 6) is -3.59. The lowest BCUT2D eigenvalue weighted by Crippen LogP contribution is -2.51. The number of hydrogen-bond acceptors (Lipinski definition) is 6. The molecule has 3 aliphatic rings. The Morgan fingerprint density at radius 1 is 1.31 bits per heavy atom. The Bertz CT molecular complexity index is 958. The van der Waals surface area contributed by atoms with Crippen LogP contribution in [-0.2, 0) is 20.5 Å². The van der Waals surface area contributed by atoms with E-state index in [-0.39, 0.29) is 18.5 Å². The molecule has 3 heterocycles. The van der Waals surface area contributed by atoms with Gasteiger partial charge in [0.15, 0.2) is 0 Å². The first kappa shape index (κ1) is 19.8. The molecule has 2 N–H and O–H groups in total. The molecule has 3 aliphatic heterocycles. The Balaban J connectivity index is 1.81. The van der Waals surface area contributed by atoms with Crippen LogP contribution in [0.5, 0.6) is 0 Å². The smallest absolute Gasteiger partial charge is 0.396 e. The molecule has 2 bridgehead atoms. The van der Waals surface area contributed by atoms with Crippen LogP contribution in [0.15, 0.2) is 18.2 Å². The van der Waals surface area contributed by atoms with Crippen LogP contribution in [0, 0.1) is 23.2 Å². The fourth-order valence-corrected chi connectivity index (χ4v) is 5.14. The van der Waals surface area contributed by atoms with Crippen molar-refractivity contribution in [3.63, 3.8) is 0 Å². The van der Waals surface area contributed by atoms with Gasteiger partial charge in [-0.1, -0.05) is 0 Å². The number of amides is 2. The van der Waals surface area contributed by atoms with Gasteiger partial charge in [-0.2, -0.15) is 18.4 Å². The van der Waals surface area contributed by atoms with E-state index in [1.165, 1.54) is 6.07 Å². The number of nitrogens with zero attached hydrogens (tertiary/aromatic N) is 2. The second-order valence-electron chi connectivity index (χ2n) is 7.87. The Kier molecular flexibility index (Phi) is 4.11. The first-order valence-corrected chi connectivity index (χ1v) is 8.98. The van der Waals surface area contributed by atoms with E-state index < -0.39 is 64.9 Å². The number of imide groups is 1. The van der Waals surface area contributed by atoms with Gasteiger partial charge in [-0.05, 0) is 25.1 Å². The number of halogens is 3. The SMILES string of the molecule is C[C@]12C[C@H](O)[C@](CCO)(O1)[C@@H]1C(=O)N(c3ccc(C#N)c(C(F)(F)F)c3)C(=O)[C@@H]12. The predicted molar refractivity (Wildman–Crippen MR) is 90.2 cm³/mol. The lowest BCUT2D eigenvalue weighted by Gasteiger charge is -2.34. The maximum absolute atomic E-state index is 13.3. The molecule has 0 aliphatic carbocycles. The highest BCUT2D eigenvalue weighted by atomic mass is 19.4. The highest BCUT2D eigenvalue weighted by molar-refractivity contribution is 6.23. The Morgan fingerprint density at radius 2 is 1.97 bits per heavy atom. The standard InChI is InChI=1S/C19H17F3N2O5/c1-17-7-12(26)18(29-17,4-5-25)14-13(17)15(27)24(16(14)28)10-3-2-9(8-23)11(6-10)19(20,21)22/h2-3,6,12-14,25-26H,4-5,7H2,1H3/t12-,13+,14-,17+,18-/m0/s1. The van der Waals surface area contributed by atoms with Crippen LogP contribution in [0.1, 0.15) is 30.9 Å². The van der Waals surface area contributed by atoms with E-state index in [1.54, 1.807) is 6.92 Å². The zero-order chi connectivity index (χ0) is 21.4. The van der Waals surface area contributed by atoms with Gasteiger partial charge in [-0.3, -0.25) is 9.59 Å². The summed E-state index contributed by atoms with van der Waals surface area (Å²) in [5.41, 5.74) is -4.79. The number of carbonyl (C=O) groups is 2. The monoisotopic (exact) mass is 410 g/mol. The minimum Gasteiger partial charge on any atom is -0.396 e. The molecule has 4 rings (SSSR count). The van der Waals surface area contributed by atoms with E-state index in [2.05, 4.69) is 0 Å². The maximum Gasteiger partial charge on any atom is 0.417 e. The second-order valence-corrected chi connectivity index (χ2v) is 7.87. The van der Waals surface area contributed by atoms with Gasteiger partial charge < -0.3 is 14.9 Å². The molecule has 0 radical (unpaired) electrons. The molecule has 0 spiro atoms. The van der Waals surface area contributed by atoms with Crippen LogP contribution in [0.2, 0.25) is 0 Å². The molecule has 29 heavy (non-hydrogen) atoms. The Morgan fingerprint density at radius 3 is 2.55 bits per heavy atom. The maximum atomic E-state index is 13.3. The van der Waals surface area contributed by atoms with Crippen LogP contribution in [0.3, 0.4) is 0 Å². The van der Waals surface area contributed by atoms with E-state index in [4.69, 9.17) is 10.00 Å². The van der Waals surface area contributed by atoms with Crippen molar-refractivity contribution in [1.29, 1.82) is 5.26 Å². The number of aliphatic hydroxyl groups is 2. The molecule has 3 fully saturated rings. The van der Waals surface area contributed by atoms with Gasteiger partial charge in [0.2, 0.25) is 11.8 Å². The number of alkyl halides is 3. The molecule has 10 heteroatoms. The van der Waals surface area contributed by atoms with E-state index >= 15 is 0 Å². The average Bonchev–Trinajstić information content (AvgIpc) is 3.16. The predicted octanol–water partition coefficient (Wildman–Crippen LogP) is 1.36. The summed E-state index contributed by atoms with van der Waals surface area (Å²) in [6.45, 7) is 1.18. The average molecular weight is 410 g/mol. The third kappa shape index (κ3) is 2.48. The lowest BCUT2D eigenvalue weighted by atomic mass is 9.66. The molecule has 154 valence electrons. The molecule has 0 unspecified atom stereocenters. The fraction of sp³-hybridized carbons (Fsp3) is 0.526. The minimum atomic E-state index is -4.84. The van der Waals surface area contributed by atoms with Gasteiger partial charge in [0.25, 0.3) is 0 Å². The van der Waals surface area contributed by atoms with Crippen LogP contribution in [-0.4, -0.2) is 45.9 Å². The summed E-state index contributed by atoms with van der Waals surface area (Å²) in [7, 11) is 0. The molecule has 7 nitrogen and oxygen atoms in total. The molecule has 3 saturated heterocycles. The summed E-state index contributed by atoms with van der Waals surface area (Å²) in [6.07, 6.45) is -5.95. The van der Waals surface area contributed by atoms with Crippen molar-refractivity contribution in [2.24, 2.45) is 11.8 Å². The number of anilines is 1. The largest absolute Gasteiger partial charge is 0.417 e. The van der Waals surface area contributed by atoms with Gasteiger partial charge in [0, 0.05) is 19.4 Å². The van der Waals surface area contributed by atoms with Crippen LogP contribution in [0.4, 0.5) is 18.9 Å². The van der Waals surface area contributed by atoms with Crippen molar-refractivity contribution >= 4 is 17.5 Å². The fourth-order valence-electron chi connectivity index (χ4n) is 5.14. The molecule has 5 atom stereocenters. The first-order valence-electron chi connectivity index (χ1n) is 8.98. The first-order chi connectivity index (χ1) is 13.5. The Labute approximate surface area is 163 Å². The van der Waals surface area contributed by atoms with Crippen molar-refractivity contribution in [3.05, 3.63) is 29.3 Å². The van der Waals surface area contributed by atoms with Gasteiger partial charge in [0.05, 0.1) is 46.4 Å². The van der Waals surface area contributed by atoms with Crippen molar-refractivity contribution in [3.8, 4) is 6.07 Å². The molecule has 1 aromatic carbocycles. The second kappa shape index (κ2) is 6.01. The molecule has 0 saturated carbocycles. The third-order valence-corrected chi connectivity index (χ3v) is 6.27. The van der Waals surface area contributed by atoms with Gasteiger partial charge in [-0.15, -0.1) is 0 Å². The number of hydrogen-bond donors (Lipinski definition) is 2. The molecular weight excluding hydrogens is 393 g/mol. The third-order valence-electron chi connectivity index (χ3n) is 6.27. The lowest BCUT2D eigenvalue weighted by molar-refractivity contribution is -0.139. The summed E-state index contributed by atoms with van der Waals surface area (Å²) in [6, 6.07) is 4.09. The van der Waals surface area contributed by atoms with Gasteiger partial charge >= 0.3 is 6.18 Å². The number of aliphatic hydroxyl groups excluding tert-OH is 2. The van der Waals surface area contributed by atoms with Crippen LogP contribution >= 0.6 is 0 Å². The van der Waals surface area contributed by atoms with Crippen molar-refractivity contribution in [1.82, 2.24) is 0 Å². The summed E-state index contributed by atoms with van der Waals surface area (Å²) in [4.78, 5) is 26.9. The molecule has 1 aromatic rings. The number of benzene rings is 1. The summed E-state index contributed by atoms with van der Waals surface area (Å²) >= 11 is 0. The number of nitriles is 1. The number of carbonyl (C=O) groups excluding carboxylic acids is 2. The van der Waals surface area contributed by atoms with E-state index in [0.29, 0.717) is 11.0 Å². The highest BCUT2D eigenvalue weighted by Crippen LogP contribution is 2.62. The zero-order valence-corrected chi connectivity index (χ0v) is 15.2. The molecular formula is C19H17F3N2O5. The quantitative estimate of drug-likeness (QED) is 0.728. The van der Waals surface area contributed by atoms with E-state index in [9.17, 15) is 33.0 Å². The molecule has 2 amide bonds. The van der Waals surface area contributed by atoms with Crippen LogP contribution in [0.25, 0.3) is 0 Å². The van der Waals surface area contributed by atoms with E-state index in [1.807, 2.05) is 0 Å². The number of rotatable bonds is 3. The topological polar surface area (TPSA) is 111 Å². The molecule has 0 aromatic heterocycles. The summed E-state index contributed by atoms with van der Waals surface area (Å²) in [5, 5.41) is 28.9. The summed E-state index contributed by atoms with van der Waals surface area (Å²) < 4.78 is 45.8. The van der Waals surface area contributed by atoms with Crippen LogP contribution < -0.4 is 4.90 Å². The highest BCUT2D eigenvalue weighted by Gasteiger charge is 2.77. The zero-order valence-electron chi connectivity index (χ0n) is 15.2. The Hall–Kier alpha value is -2.48. The van der Waals surface area contributed by atoms with Crippen molar-refractivity contribution < 1.29 is 37.7 Å². The van der Waals surface area contributed by atoms with Crippen molar-refractivity contribution in [2.75, 3.05) is 11.5 Å². The minimum absolute atomic E-state index is 0.0716. The number of ether oxygens (including phenoxy) is 1. The number of fused-ring (bicyclic) bond motifs is 5. The van der Waals surface area contributed by atoms with Gasteiger partial charge in [0.1, 0.15) is 5.60 Å².